The molecule has 3 rings (SSSR count). The maximum Gasteiger partial charge on any atom is 0.253 e. The number of pyridine rings is 1. The SMILES string of the molecule is CN(C)C(=O)c1ccc(Nc2cc(NCc3cccc(S(C)(=O)=O)c3)c(C(N)=O)cn2)cc1. The minimum atomic E-state index is -3.33. The highest BCUT2D eigenvalue weighted by Gasteiger charge is 2.13. The fourth-order valence-corrected chi connectivity index (χ4v) is 3.74. The smallest absolute Gasteiger partial charge is 0.253 e. The van der Waals surface area contributed by atoms with E-state index < -0.39 is 15.7 Å². The van der Waals surface area contributed by atoms with Crippen LogP contribution in [0.1, 0.15) is 26.3 Å². The zero-order chi connectivity index (χ0) is 24.2. The number of nitrogens with one attached hydrogen (secondary N) is 2. The monoisotopic (exact) mass is 467 g/mol. The van der Waals surface area contributed by atoms with Crippen LogP contribution in [0.15, 0.2) is 65.7 Å². The average Bonchev–Trinajstić information content (AvgIpc) is 2.77. The van der Waals surface area contributed by atoms with Crippen molar-refractivity contribution in [1.82, 2.24) is 9.88 Å². The van der Waals surface area contributed by atoms with E-state index in [1.54, 1.807) is 62.6 Å². The van der Waals surface area contributed by atoms with Gasteiger partial charge in [-0.25, -0.2) is 13.4 Å². The van der Waals surface area contributed by atoms with Gasteiger partial charge in [-0.2, -0.15) is 0 Å². The second-order valence-corrected chi connectivity index (χ2v) is 9.67. The van der Waals surface area contributed by atoms with Crippen LogP contribution in [0.5, 0.6) is 0 Å². The molecule has 0 spiro atoms. The van der Waals surface area contributed by atoms with E-state index in [1.807, 2.05) is 0 Å². The molecule has 4 N–H and O–H groups in total. The molecular formula is C23H25N5O4S. The van der Waals surface area contributed by atoms with Crippen LogP contribution in [0.4, 0.5) is 17.2 Å². The first-order valence-electron chi connectivity index (χ1n) is 9.96. The molecule has 0 fully saturated rings. The summed E-state index contributed by atoms with van der Waals surface area (Å²) < 4.78 is 23.6. The molecule has 0 bridgehead atoms. The van der Waals surface area contributed by atoms with Gasteiger partial charge in [0.15, 0.2) is 9.84 Å². The molecule has 2 aromatic carbocycles. The number of sulfone groups is 1. The molecule has 1 aromatic heterocycles. The van der Waals surface area contributed by atoms with Gasteiger partial charge in [0.05, 0.1) is 16.1 Å². The van der Waals surface area contributed by atoms with Crippen LogP contribution in [0, 0.1) is 0 Å². The number of nitrogens with two attached hydrogens (primary N) is 1. The first kappa shape index (κ1) is 23.7. The van der Waals surface area contributed by atoms with Crippen molar-refractivity contribution in [3.8, 4) is 0 Å². The highest BCUT2D eigenvalue weighted by molar-refractivity contribution is 7.90. The molecule has 0 aliphatic heterocycles. The Morgan fingerprint density at radius 2 is 1.76 bits per heavy atom. The van der Waals surface area contributed by atoms with E-state index in [-0.39, 0.29) is 22.9 Å². The van der Waals surface area contributed by atoms with Gasteiger partial charge in [0.2, 0.25) is 0 Å². The third kappa shape index (κ3) is 6.07. The number of nitrogens with zero attached hydrogens (tertiary/aromatic N) is 2. The molecule has 172 valence electrons. The summed E-state index contributed by atoms with van der Waals surface area (Å²) in [5.74, 6) is -0.288. The lowest BCUT2D eigenvalue weighted by molar-refractivity contribution is 0.0827. The highest BCUT2D eigenvalue weighted by Crippen LogP contribution is 2.23. The molecule has 1 heterocycles. The van der Waals surface area contributed by atoms with E-state index in [1.165, 1.54) is 17.2 Å². The van der Waals surface area contributed by atoms with Crippen molar-refractivity contribution in [1.29, 1.82) is 0 Å². The number of aromatic nitrogens is 1. The number of primary amides is 1. The summed E-state index contributed by atoms with van der Waals surface area (Å²) >= 11 is 0. The average molecular weight is 468 g/mol. The van der Waals surface area contributed by atoms with Crippen molar-refractivity contribution in [2.24, 2.45) is 5.73 Å². The Labute approximate surface area is 192 Å². The number of rotatable bonds is 8. The van der Waals surface area contributed by atoms with Crippen molar-refractivity contribution in [3.05, 3.63) is 77.5 Å². The summed E-state index contributed by atoms with van der Waals surface area (Å²) in [7, 11) is 0.0402. The van der Waals surface area contributed by atoms with Gasteiger partial charge in [-0.05, 0) is 42.0 Å². The Kier molecular flexibility index (Phi) is 6.98. The summed E-state index contributed by atoms with van der Waals surface area (Å²) in [6.07, 6.45) is 2.51. The number of carbonyl (C=O) groups excluding carboxylic acids is 2. The van der Waals surface area contributed by atoms with Crippen LogP contribution in [0.3, 0.4) is 0 Å². The predicted molar refractivity (Wildman–Crippen MR) is 127 cm³/mol. The van der Waals surface area contributed by atoms with Gasteiger partial charge in [0.25, 0.3) is 11.8 Å². The van der Waals surface area contributed by atoms with E-state index in [4.69, 9.17) is 5.73 Å². The first-order chi connectivity index (χ1) is 15.5. The van der Waals surface area contributed by atoms with Gasteiger partial charge in [-0.3, -0.25) is 9.59 Å². The first-order valence-corrected chi connectivity index (χ1v) is 11.8. The van der Waals surface area contributed by atoms with E-state index in [2.05, 4.69) is 15.6 Å². The Morgan fingerprint density at radius 3 is 2.36 bits per heavy atom. The van der Waals surface area contributed by atoms with Crippen molar-refractivity contribution in [2.45, 2.75) is 11.4 Å². The van der Waals surface area contributed by atoms with Gasteiger partial charge in [0.1, 0.15) is 5.82 Å². The van der Waals surface area contributed by atoms with Crippen LogP contribution in [-0.2, 0) is 16.4 Å². The van der Waals surface area contributed by atoms with Gasteiger partial charge in [-0.15, -0.1) is 0 Å². The molecule has 0 aliphatic rings. The van der Waals surface area contributed by atoms with Gasteiger partial charge in [0, 0.05) is 50.4 Å². The zero-order valence-corrected chi connectivity index (χ0v) is 19.3. The molecule has 0 radical (unpaired) electrons. The lowest BCUT2D eigenvalue weighted by Crippen LogP contribution is -2.21. The second kappa shape index (κ2) is 9.70. The molecule has 2 amide bonds. The molecule has 0 saturated heterocycles. The largest absolute Gasteiger partial charge is 0.380 e. The molecule has 33 heavy (non-hydrogen) atoms. The van der Waals surface area contributed by atoms with Gasteiger partial charge < -0.3 is 21.3 Å². The van der Waals surface area contributed by atoms with Gasteiger partial charge in [-0.1, -0.05) is 12.1 Å². The molecule has 9 nitrogen and oxygen atoms in total. The van der Waals surface area contributed by atoms with E-state index in [9.17, 15) is 18.0 Å². The predicted octanol–water partition coefficient (Wildman–Crippen LogP) is 2.64. The summed E-state index contributed by atoms with van der Waals surface area (Å²) in [4.78, 5) is 29.8. The topological polar surface area (TPSA) is 134 Å². The van der Waals surface area contributed by atoms with Crippen molar-refractivity contribution >= 4 is 38.8 Å². The maximum atomic E-state index is 12.0. The molecule has 10 heteroatoms. The third-order valence-electron chi connectivity index (χ3n) is 4.79. The third-order valence-corrected chi connectivity index (χ3v) is 5.90. The molecule has 0 atom stereocenters. The lowest BCUT2D eigenvalue weighted by Gasteiger charge is -2.14. The molecule has 0 aliphatic carbocycles. The van der Waals surface area contributed by atoms with Gasteiger partial charge >= 0.3 is 0 Å². The highest BCUT2D eigenvalue weighted by atomic mass is 32.2. The number of hydrogen-bond donors (Lipinski definition) is 3. The Bertz CT molecular complexity index is 1290. The minimum Gasteiger partial charge on any atom is -0.380 e. The Balaban J connectivity index is 1.80. The summed E-state index contributed by atoms with van der Waals surface area (Å²) in [6.45, 7) is 0.272. The standard InChI is InChI=1S/C23H25N5O4S/c1-28(2)23(30)16-7-9-17(10-8-16)27-21-12-20(19(14-26-21)22(24)29)25-13-15-5-4-6-18(11-15)33(3,31)32/h4-12,14H,13H2,1-3H3,(H2,24,29)(H2,25,26,27). The van der Waals surface area contributed by atoms with E-state index in [0.29, 0.717) is 22.8 Å². The quantitative estimate of drug-likeness (QED) is 0.463. The number of hydrogen-bond acceptors (Lipinski definition) is 7. The molecule has 3 aromatic rings. The molecular weight excluding hydrogens is 442 g/mol. The Morgan fingerprint density at radius 1 is 1.06 bits per heavy atom. The normalized spacial score (nSPS) is 11.0. The Hall–Kier alpha value is -3.92. The molecule has 0 saturated carbocycles. The van der Waals surface area contributed by atoms with Crippen LogP contribution in [0.2, 0.25) is 0 Å². The van der Waals surface area contributed by atoms with Crippen molar-refractivity contribution < 1.29 is 18.0 Å². The van der Waals surface area contributed by atoms with Crippen molar-refractivity contribution in [2.75, 3.05) is 31.0 Å². The zero-order valence-electron chi connectivity index (χ0n) is 18.5. The van der Waals surface area contributed by atoms with E-state index in [0.717, 1.165) is 11.8 Å². The summed E-state index contributed by atoms with van der Waals surface area (Å²) in [5.41, 5.74) is 8.12. The number of anilines is 3. The molecule has 0 unspecified atom stereocenters. The van der Waals surface area contributed by atoms with Crippen LogP contribution < -0.4 is 16.4 Å². The second-order valence-electron chi connectivity index (χ2n) is 7.65. The van der Waals surface area contributed by atoms with Crippen molar-refractivity contribution in [3.63, 3.8) is 0 Å². The lowest BCUT2D eigenvalue weighted by atomic mass is 10.1. The fourth-order valence-electron chi connectivity index (χ4n) is 3.05. The van der Waals surface area contributed by atoms with E-state index >= 15 is 0 Å². The number of benzene rings is 2. The van der Waals surface area contributed by atoms with Crippen LogP contribution in [-0.4, -0.2) is 50.5 Å². The summed E-state index contributed by atoms with van der Waals surface area (Å²) in [5, 5.41) is 6.25. The maximum absolute atomic E-state index is 12.0. The number of amides is 2. The fraction of sp³-hybridized carbons (Fsp3) is 0.174. The number of carbonyl (C=O) groups is 2. The van der Waals surface area contributed by atoms with Crippen LogP contribution >= 0.6 is 0 Å². The van der Waals surface area contributed by atoms with Crippen LogP contribution in [0.25, 0.3) is 0 Å². The minimum absolute atomic E-state index is 0.100. The summed E-state index contributed by atoms with van der Waals surface area (Å²) in [6, 6.07) is 15.1.